The normalized spacial score (nSPS) is 13.6. The number of nitrogens with one attached hydrogen (secondary N) is 1. The van der Waals surface area contributed by atoms with Crippen molar-refractivity contribution >= 4 is 22.7 Å². The highest BCUT2D eigenvalue weighted by molar-refractivity contribution is 5.98. The Kier molecular flexibility index (Phi) is 6.66. The molecular formula is C28H27N3O4. The maximum absolute atomic E-state index is 12.9. The lowest BCUT2D eigenvalue weighted by Crippen LogP contribution is -2.51. The van der Waals surface area contributed by atoms with E-state index in [0.717, 1.165) is 16.5 Å². The van der Waals surface area contributed by atoms with Gasteiger partial charge in [0.05, 0.1) is 0 Å². The first kappa shape index (κ1) is 22.5. The van der Waals surface area contributed by atoms with Crippen molar-refractivity contribution in [2.24, 2.45) is 0 Å². The first-order valence-electron chi connectivity index (χ1n) is 11.7. The predicted molar refractivity (Wildman–Crippen MR) is 133 cm³/mol. The summed E-state index contributed by atoms with van der Waals surface area (Å²) in [6, 6.07) is 26.9. The highest BCUT2D eigenvalue weighted by Crippen LogP contribution is 2.27. The molecule has 0 saturated carbocycles. The molecule has 7 heteroatoms. The number of nitrogens with zero attached hydrogens (tertiary/aromatic N) is 2. The molecule has 1 N–H and O–H groups in total. The number of hydrogen-bond donors (Lipinski definition) is 1. The fourth-order valence-corrected chi connectivity index (χ4v) is 4.17. The molecule has 1 fully saturated rings. The first-order valence-corrected chi connectivity index (χ1v) is 11.7. The molecule has 1 aliphatic rings. The molecule has 7 nitrogen and oxygen atoms in total. The summed E-state index contributed by atoms with van der Waals surface area (Å²) in [7, 11) is 0. The number of hydrogen-bond acceptors (Lipinski definition) is 4. The second-order valence-electron chi connectivity index (χ2n) is 8.45. The van der Waals surface area contributed by atoms with Gasteiger partial charge in [-0.15, -0.1) is 0 Å². The molecule has 1 saturated heterocycles. The van der Waals surface area contributed by atoms with E-state index in [1.807, 2.05) is 78.9 Å². The van der Waals surface area contributed by atoms with Gasteiger partial charge in [-0.05, 0) is 29.8 Å². The average Bonchev–Trinajstić information content (AvgIpc) is 3.36. The molecule has 1 aliphatic heterocycles. The van der Waals surface area contributed by atoms with Crippen molar-refractivity contribution in [2.45, 2.75) is 6.61 Å². The number of H-pyrrole nitrogens is 1. The van der Waals surface area contributed by atoms with E-state index in [1.54, 1.807) is 15.9 Å². The molecule has 2 amide bonds. The number of benzene rings is 3. The third-order valence-electron chi connectivity index (χ3n) is 6.12. The molecule has 3 aromatic carbocycles. The van der Waals surface area contributed by atoms with Crippen molar-refractivity contribution in [1.29, 1.82) is 0 Å². The number of aromatic nitrogens is 1. The zero-order valence-corrected chi connectivity index (χ0v) is 19.4. The molecule has 5 rings (SSSR count). The van der Waals surface area contributed by atoms with Gasteiger partial charge in [0, 0.05) is 37.1 Å². The van der Waals surface area contributed by atoms with Gasteiger partial charge in [0.15, 0.2) is 18.1 Å². The number of rotatable bonds is 7. The number of aromatic amines is 1. The van der Waals surface area contributed by atoms with Gasteiger partial charge in [-0.1, -0.05) is 60.7 Å². The summed E-state index contributed by atoms with van der Waals surface area (Å²) in [5.41, 5.74) is 2.56. The molecule has 4 aromatic rings. The van der Waals surface area contributed by atoms with Crippen molar-refractivity contribution in [3.05, 3.63) is 96.2 Å². The Morgan fingerprint density at radius 1 is 0.743 bits per heavy atom. The van der Waals surface area contributed by atoms with Crippen LogP contribution in [0.15, 0.2) is 84.9 Å². The molecule has 178 valence electrons. The third kappa shape index (κ3) is 5.30. The third-order valence-corrected chi connectivity index (χ3v) is 6.12. The maximum Gasteiger partial charge on any atom is 0.270 e. The van der Waals surface area contributed by atoms with E-state index in [9.17, 15) is 9.59 Å². The topological polar surface area (TPSA) is 74.9 Å². The Labute approximate surface area is 203 Å². The van der Waals surface area contributed by atoms with Crippen molar-refractivity contribution in [1.82, 2.24) is 14.8 Å². The summed E-state index contributed by atoms with van der Waals surface area (Å²) in [4.78, 5) is 32.4. The standard InChI is InChI=1S/C28H27N3O4/c32-27(20-35-26-13-7-6-12-25(26)34-19-21-8-2-1-3-9-21)30-14-16-31(17-15-30)28(33)24-18-22-10-4-5-11-23(22)29-24/h1-13,18,29H,14-17,19-20H2. The number of fused-ring (bicyclic) bond motifs is 1. The van der Waals surface area contributed by atoms with Gasteiger partial charge >= 0.3 is 0 Å². The molecule has 2 heterocycles. The van der Waals surface area contributed by atoms with E-state index in [2.05, 4.69) is 4.98 Å². The highest BCUT2D eigenvalue weighted by atomic mass is 16.5. The van der Waals surface area contributed by atoms with Crippen LogP contribution >= 0.6 is 0 Å². The molecule has 0 aliphatic carbocycles. The largest absolute Gasteiger partial charge is 0.485 e. The van der Waals surface area contributed by atoms with E-state index >= 15 is 0 Å². The fraction of sp³-hybridized carbons (Fsp3) is 0.214. The predicted octanol–water partition coefficient (Wildman–Crippen LogP) is 4.11. The second kappa shape index (κ2) is 10.3. The van der Waals surface area contributed by atoms with Crippen molar-refractivity contribution < 1.29 is 19.1 Å². The molecule has 0 spiro atoms. The number of para-hydroxylation sites is 3. The van der Waals surface area contributed by atoms with Crippen LogP contribution in [0.3, 0.4) is 0 Å². The van der Waals surface area contributed by atoms with Gasteiger partial charge < -0.3 is 24.3 Å². The summed E-state index contributed by atoms with van der Waals surface area (Å²) >= 11 is 0. The lowest BCUT2D eigenvalue weighted by atomic mass is 10.2. The fourth-order valence-electron chi connectivity index (χ4n) is 4.17. The maximum atomic E-state index is 12.9. The van der Waals surface area contributed by atoms with Crippen LogP contribution in [0.2, 0.25) is 0 Å². The van der Waals surface area contributed by atoms with E-state index in [-0.39, 0.29) is 18.4 Å². The van der Waals surface area contributed by atoms with Crippen LogP contribution in [0.25, 0.3) is 10.9 Å². The molecule has 0 atom stereocenters. The minimum atomic E-state index is -0.111. The van der Waals surface area contributed by atoms with Crippen LogP contribution in [0.5, 0.6) is 11.5 Å². The van der Waals surface area contributed by atoms with E-state index < -0.39 is 0 Å². The zero-order chi connectivity index (χ0) is 24.0. The number of piperazine rings is 1. The SMILES string of the molecule is O=C(COc1ccccc1OCc1ccccc1)N1CCN(C(=O)c2cc3ccccc3[nH]2)CC1. The number of ether oxygens (including phenoxy) is 2. The number of amides is 2. The highest BCUT2D eigenvalue weighted by Gasteiger charge is 2.26. The molecule has 35 heavy (non-hydrogen) atoms. The summed E-state index contributed by atoms with van der Waals surface area (Å²) in [6.07, 6.45) is 0. The molecule has 0 radical (unpaired) electrons. The van der Waals surface area contributed by atoms with Gasteiger partial charge in [0.2, 0.25) is 0 Å². The monoisotopic (exact) mass is 469 g/mol. The molecular weight excluding hydrogens is 442 g/mol. The molecule has 0 unspecified atom stereocenters. The molecule has 1 aromatic heterocycles. The average molecular weight is 470 g/mol. The Balaban J connectivity index is 1.12. The van der Waals surface area contributed by atoms with Crippen molar-refractivity contribution in [2.75, 3.05) is 32.8 Å². The van der Waals surface area contributed by atoms with Gasteiger partial charge in [0.1, 0.15) is 12.3 Å². The Hall–Kier alpha value is -4.26. The summed E-state index contributed by atoms with van der Waals surface area (Å²) in [5, 5.41) is 1.01. The van der Waals surface area contributed by atoms with Gasteiger partial charge in [0.25, 0.3) is 11.8 Å². The van der Waals surface area contributed by atoms with E-state index in [4.69, 9.17) is 9.47 Å². The number of carbonyl (C=O) groups is 2. The minimum absolute atomic E-state index is 0.0472. The smallest absolute Gasteiger partial charge is 0.270 e. The lowest BCUT2D eigenvalue weighted by molar-refractivity contribution is -0.134. The summed E-state index contributed by atoms with van der Waals surface area (Å²) in [6.45, 7) is 2.25. The lowest BCUT2D eigenvalue weighted by Gasteiger charge is -2.34. The quantitative estimate of drug-likeness (QED) is 0.442. The molecule has 0 bridgehead atoms. The second-order valence-corrected chi connectivity index (χ2v) is 8.45. The van der Waals surface area contributed by atoms with Crippen molar-refractivity contribution in [3.63, 3.8) is 0 Å². The van der Waals surface area contributed by atoms with Crippen LogP contribution in [0.1, 0.15) is 16.1 Å². The van der Waals surface area contributed by atoms with Crippen LogP contribution in [0, 0.1) is 0 Å². The van der Waals surface area contributed by atoms with Crippen LogP contribution in [0.4, 0.5) is 0 Å². The zero-order valence-electron chi connectivity index (χ0n) is 19.4. The van der Waals surface area contributed by atoms with Crippen molar-refractivity contribution in [3.8, 4) is 11.5 Å². The Morgan fingerprint density at radius 2 is 1.37 bits per heavy atom. The van der Waals surface area contributed by atoms with Crippen LogP contribution < -0.4 is 9.47 Å². The van der Waals surface area contributed by atoms with Crippen LogP contribution in [-0.2, 0) is 11.4 Å². The summed E-state index contributed by atoms with van der Waals surface area (Å²) < 4.78 is 11.7. The Bertz CT molecular complexity index is 1280. The van der Waals surface area contributed by atoms with E-state index in [0.29, 0.717) is 50.0 Å². The minimum Gasteiger partial charge on any atom is -0.485 e. The van der Waals surface area contributed by atoms with Gasteiger partial charge in [-0.2, -0.15) is 0 Å². The first-order chi connectivity index (χ1) is 17.2. The van der Waals surface area contributed by atoms with Gasteiger partial charge in [-0.3, -0.25) is 9.59 Å². The Morgan fingerprint density at radius 3 is 2.11 bits per heavy atom. The van der Waals surface area contributed by atoms with Crippen LogP contribution in [-0.4, -0.2) is 59.4 Å². The summed E-state index contributed by atoms with van der Waals surface area (Å²) in [5.74, 6) is 0.969. The van der Waals surface area contributed by atoms with E-state index in [1.165, 1.54) is 0 Å². The number of carbonyl (C=O) groups excluding carboxylic acids is 2. The van der Waals surface area contributed by atoms with Gasteiger partial charge in [-0.25, -0.2) is 0 Å².